The molecule has 8 heteroatoms. The fraction of sp³-hybridized carbons (Fsp3) is 0.565. The summed E-state index contributed by atoms with van der Waals surface area (Å²) in [5, 5.41) is 0. The van der Waals surface area contributed by atoms with Crippen LogP contribution in [0.15, 0.2) is 29.5 Å². The lowest BCUT2D eigenvalue weighted by molar-refractivity contribution is 0.0721. The molecule has 3 rings (SSSR count). The van der Waals surface area contributed by atoms with Crippen LogP contribution in [0, 0.1) is 19.8 Å². The number of amides is 1. The number of carbonyl (C=O) groups excluding carboxylic acids is 1. The quantitative estimate of drug-likeness (QED) is 0.638. The first-order chi connectivity index (χ1) is 14.9. The van der Waals surface area contributed by atoms with Crippen LogP contribution in [-0.2, 0) is 11.3 Å². The Morgan fingerprint density at radius 2 is 1.97 bits per heavy atom. The third kappa shape index (κ3) is 5.98. The highest BCUT2D eigenvalue weighted by Gasteiger charge is 2.25. The summed E-state index contributed by atoms with van der Waals surface area (Å²) < 4.78 is 6.69. The Morgan fingerprint density at radius 1 is 1.23 bits per heavy atom. The number of carbonyl (C=O) groups is 1. The van der Waals surface area contributed by atoms with Crippen molar-refractivity contribution in [3.63, 3.8) is 0 Å². The SMILES string of the molecule is COCCN1CCC(CN(C)C(=O)c2c(C)ccn(Cc3cnc(C)cn3)c2=O)CC1. The van der Waals surface area contributed by atoms with Crippen molar-refractivity contribution in [1.82, 2.24) is 24.3 Å². The number of hydrogen-bond acceptors (Lipinski definition) is 6. The molecule has 2 aromatic rings. The molecule has 0 radical (unpaired) electrons. The molecule has 1 aliphatic rings. The molecule has 0 spiro atoms. The summed E-state index contributed by atoms with van der Waals surface area (Å²) in [6, 6.07) is 1.82. The van der Waals surface area contributed by atoms with Gasteiger partial charge in [0.1, 0.15) is 5.56 Å². The van der Waals surface area contributed by atoms with Gasteiger partial charge in [-0.3, -0.25) is 19.6 Å². The van der Waals surface area contributed by atoms with E-state index in [9.17, 15) is 9.59 Å². The van der Waals surface area contributed by atoms with Crippen LogP contribution in [0.3, 0.4) is 0 Å². The fourth-order valence-corrected chi connectivity index (χ4v) is 4.00. The van der Waals surface area contributed by atoms with Gasteiger partial charge in [0.15, 0.2) is 0 Å². The first kappa shape index (κ1) is 23.1. The van der Waals surface area contributed by atoms with E-state index < -0.39 is 0 Å². The van der Waals surface area contributed by atoms with E-state index in [-0.39, 0.29) is 23.6 Å². The van der Waals surface area contributed by atoms with E-state index in [0.717, 1.165) is 44.8 Å². The zero-order chi connectivity index (χ0) is 22.4. The minimum Gasteiger partial charge on any atom is -0.383 e. The molecule has 0 aliphatic carbocycles. The second-order valence-electron chi connectivity index (χ2n) is 8.42. The van der Waals surface area contributed by atoms with Gasteiger partial charge in [0.2, 0.25) is 0 Å². The van der Waals surface area contributed by atoms with E-state index in [1.165, 1.54) is 4.57 Å². The molecule has 0 N–H and O–H groups in total. The molecule has 1 aliphatic heterocycles. The van der Waals surface area contributed by atoms with Crippen molar-refractivity contribution >= 4 is 5.91 Å². The van der Waals surface area contributed by atoms with Crippen molar-refractivity contribution in [3.8, 4) is 0 Å². The Bertz CT molecular complexity index is 933. The van der Waals surface area contributed by atoms with Crippen molar-refractivity contribution in [3.05, 3.63) is 57.5 Å². The smallest absolute Gasteiger partial charge is 0.264 e. The third-order valence-corrected chi connectivity index (χ3v) is 5.95. The molecule has 1 saturated heterocycles. The van der Waals surface area contributed by atoms with Crippen LogP contribution in [0.5, 0.6) is 0 Å². The summed E-state index contributed by atoms with van der Waals surface area (Å²) in [5.41, 5.74) is 2.16. The predicted molar refractivity (Wildman–Crippen MR) is 119 cm³/mol. The lowest BCUT2D eigenvalue weighted by Crippen LogP contribution is -2.42. The van der Waals surface area contributed by atoms with Gasteiger partial charge in [-0.2, -0.15) is 0 Å². The summed E-state index contributed by atoms with van der Waals surface area (Å²) >= 11 is 0. The molecule has 0 bridgehead atoms. The number of likely N-dealkylation sites (tertiary alicyclic amines) is 1. The normalized spacial score (nSPS) is 15.2. The Balaban J connectivity index is 1.66. The van der Waals surface area contributed by atoms with Crippen molar-refractivity contribution in [2.45, 2.75) is 33.2 Å². The first-order valence-corrected chi connectivity index (χ1v) is 10.8. The van der Waals surface area contributed by atoms with E-state index in [0.29, 0.717) is 23.7 Å². The highest BCUT2D eigenvalue weighted by atomic mass is 16.5. The summed E-state index contributed by atoms with van der Waals surface area (Å²) in [6.07, 6.45) is 7.14. The minimum atomic E-state index is -0.284. The van der Waals surface area contributed by atoms with Crippen LogP contribution in [0.4, 0.5) is 0 Å². The second kappa shape index (κ2) is 10.6. The molecule has 0 saturated carbocycles. The van der Waals surface area contributed by atoms with Crippen molar-refractivity contribution in [2.75, 3.05) is 46.9 Å². The van der Waals surface area contributed by atoms with Gasteiger partial charge < -0.3 is 19.1 Å². The van der Waals surface area contributed by atoms with E-state index in [1.807, 2.05) is 19.9 Å². The van der Waals surface area contributed by atoms with Gasteiger partial charge in [0.25, 0.3) is 11.5 Å². The third-order valence-electron chi connectivity index (χ3n) is 5.95. The molecular formula is C23H33N5O3. The molecule has 31 heavy (non-hydrogen) atoms. The maximum atomic E-state index is 13.2. The van der Waals surface area contributed by atoms with Crippen LogP contribution in [0.1, 0.15) is 40.2 Å². The molecule has 168 valence electrons. The van der Waals surface area contributed by atoms with Gasteiger partial charge in [-0.1, -0.05) is 0 Å². The van der Waals surface area contributed by atoms with Crippen LogP contribution < -0.4 is 5.56 Å². The standard InChI is InChI=1S/C23H33N5O3/c1-17-5-10-28(16-20-14-24-18(2)13-25-20)23(30)21(17)22(29)26(3)15-19-6-8-27(9-7-19)11-12-31-4/h5,10,13-14,19H,6-9,11-12,15-16H2,1-4H3. The number of rotatable bonds is 8. The summed E-state index contributed by atoms with van der Waals surface area (Å²) in [4.78, 5) is 38.9. The molecule has 0 atom stereocenters. The average molecular weight is 428 g/mol. The number of aromatic nitrogens is 3. The molecule has 2 aromatic heterocycles. The summed E-state index contributed by atoms with van der Waals surface area (Å²) in [5.74, 6) is 0.232. The number of ether oxygens (including phenoxy) is 1. The Kier molecular flexibility index (Phi) is 7.92. The molecule has 8 nitrogen and oxygen atoms in total. The van der Waals surface area contributed by atoms with Crippen LogP contribution >= 0.6 is 0 Å². The number of pyridine rings is 1. The van der Waals surface area contributed by atoms with Crippen molar-refractivity contribution < 1.29 is 9.53 Å². The first-order valence-electron chi connectivity index (χ1n) is 10.8. The average Bonchev–Trinajstić information content (AvgIpc) is 2.76. The van der Waals surface area contributed by atoms with E-state index in [1.54, 1.807) is 37.6 Å². The topological polar surface area (TPSA) is 80.6 Å². The molecular weight excluding hydrogens is 394 g/mol. The molecule has 3 heterocycles. The van der Waals surface area contributed by atoms with Gasteiger partial charge in [-0.25, -0.2) is 0 Å². The Morgan fingerprint density at radius 3 is 2.61 bits per heavy atom. The van der Waals surface area contributed by atoms with Crippen LogP contribution in [0.2, 0.25) is 0 Å². The highest BCUT2D eigenvalue weighted by Crippen LogP contribution is 2.19. The summed E-state index contributed by atoms with van der Waals surface area (Å²) in [6.45, 7) is 8.36. The molecule has 1 fully saturated rings. The zero-order valence-corrected chi connectivity index (χ0v) is 19.0. The van der Waals surface area contributed by atoms with E-state index in [2.05, 4.69) is 14.9 Å². The van der Waals surface area contributed by atoms with Gasteiger partial charge >= 0.3 is 0 Å². The van der Waals surface area contributed by atoms with Gasteiger partial charge in [-0.05, 0) is 57.3 Å². The van der Waals surface area contributed by atoms with Crippen molar-refractivity contribution in [2.24, 2.45) is 5.92 Å². The molecule has 1 amide bonds. The number of nitrogens with zero attached hydrogens (tertiary/aromatic N) is 5. The number of hydrogen-bond donors (Lipinski definition) is 0. The van der Waals surface area contributed by atoms with E-state index >= 15 is 0 Å². The summed E-state index contributed by atoms with van der Waals surface area (Å²) in [7, 11) is 3.52. The highest BCUT2D eigenvalue weighted by molar-refractivity contribution is 5.95. The number of methoxy groups -OCH3 is 1. The van der Waals surface area contributed by atoms with Gasteiger partial charge in [0.05, 0.1) is 30.7 Å². The lowest BCUT2D eigenvalue weighted by Gasteiger charge is -2.33. The molecule has 0 unspecified atom stereocenters. The number of piperidine rings is 1. The molecule has 0 aromatic carbocycles. The van der Waals surface area contributed by atoms with Crippen LogP contribution in [0.25, 0.3) is 0 Å². The second-order valence-corrected chi connectivity index (χ2v) is 8.42. The van der Waals surface area contributed by atoms with Gasteiger partial charge in [-0.15, -0.1) is 0 Å². The minimum absolute atomic E-state index is 0.214. The maximum Gasteiger partial charge on any atom is 0.264 e. The largest absolute Gasteiger partial charge is 0.383 e. The van der Waals surface area contributed by atoms with Crippen LogP contribution in [-0.4, -0.2) is 77.2 Å². The number of aryl methyl sites for hydroxylation is 2. The Labute approximate surface area is 183 Å². The maximum absolute atomic E-state index is 13.2. The predicted octanol–water partition coefficient (Wildman–Crippen LogP) is 1.73. The van der Waals surface area contributed by atoms with Crippen molar-refractivity contribution in [1.29, 1.82) is 0 Å². The lowest BCUT2D eigenvalue weighted by atomic mass is 9.96. The Hall–Kier alpha value is -2.58. The van der Waals surface area contributed by atoms with Gasteiger partial charge in [0, 0.05) is 39.6 Å². The fourth-order valence-electron chi connectivity index (χ4n) is 4.00. The van der Waals surface area contributed by atoms with E-state index in [4.69, 9.17) is 4.74 Å². The zero-order valence-electron chi connectivity index (χ0n) is 19.0. The monoisotopic (exact) mass is 427 g/mol.